The van der Waals surface area contributed by atoms with E-state index in [1.165, 1.54) is 26.2 Å². The first-order chi connectivity index (χ1) is 15.3. The molecule has 1 aliphatic carbocycles. The Labute approximate surface area is 191 Å². The van der Waals surface area contributed by atoms with Crippen LogP contribution in [0.3, 0.4) is 0 Å². The van der Waals surface area contributed by atoms with E-state index in [0.717, 1.165) is 0 Å². The number of Topliss-reactive ketones (excluding diaryl/α,β-unsaturated/α-hetero) is 2. The largest absolute Gasteiger partial charge is 0.493 e. The van der Waals surface area contributed by atoms with Gasteiger partial charge in [0.1, 0.15) is 11.6 Å². The van der Waals surface area contributed by atoms with E-state index in [1.54, 1.807) is 24.3 Å². The number of allylic oxidation sites excluding steroid dienone is 3. The number of methoxy groups -OCH3 is 1. The third kappa shape index (κ3) is 3.25. The molecule has 0 fully saturated rings. The fourth-order valence-electron chi connectivity index (χ4n) is 3.79. The maximum Gasteiger partial charge on any atom is 0.308 e. The number of halogens is 1. The number of ketones is 2. The fourth-order valence-corrected chi connectivity index (χ4v) is 4.33. The van der Waals surface area contributed by atoms with E-state index in [4.69, 9.17) is 19.9 Å². The molecule has 1 atom stereocenters. The molecule has 8 nitrogen and oxygen atoms in total. The number of hydrogen-bond acceptors (Lipinski definition) is 8. The van der Waals surface area contributed by atoms with Gasteiger partial charge in [-0.05, 0) is 33.6 Å². The molecule has 2 aromatic carbocycles. The summed E-state index contributed by atoms with van der Waals surface area (Å²) in [6.45, 7) is 1.25. The molecule has 0 radical (unpaired) electrons. The Bertz CT molecular complexity index is 1320. The highest BCUT2D eigenvalue weighted by Gasteiger charge is 2.44. The van der Waals surface area contributed by atoms with Crippen molar-refractivity contribution in [1.29, 1.82) is 5.26 Å². The molecule has 0 aromatic heterocycles. The van der Waals surface area contributed by atoms with Crippen LogP contribution in [0.2, 0.25) is 0 Å². The van der Waals surface area contributed by atoms with Crippen molar-refractivity contribution in [3.8, 4) is 17.6 Å². The molecule has 0 unspecified atom stereocenters. The number of rotatable bonds is 3. The first kappa shape index (κ1) is 21.3. The predicted molar refractivity (Wildman–Crippen MR) is 115 cm³/mol. The van der Waals surface area contributed by atoms with Gasteiger partial charge in [-0.3, -0.25) is 14.4 Å². The van der Waals surface area contributed by atoms with Crippen LogP contribution in [-0.4, -0.2) is 24.6 Å². The van der Waals surface area contributed by atoms with E-state index in [-0.39, 0.29) is 45.4 Å². The Morgan fingerprint density at radius 1 is 1.19 bits per heavy atom. The molecule has 0 spiro atoms. The lowest BCUT2D eigenvalue weighted by Gasteiger charge is -2.31. The Balaban J connectivity index is 1.96. The zero-order valence-electron chi connectivity index (χ0n) is 16.9. The minimum absolute atomic E-state index is 0.00800. The summed E-state index contributed by atoms with van der Waals surface area (Å²) in [6.07, 6.45) is 0. The lowest BCUT2D eigenvalue weighted by molar-refractivity contribution is -0.132. The van der Waals surface area contributed by atoms with Gasteiger partial charge in [-0.25, -0.2) is 0 Å². The molecule has 2 aromatic rings. The summed E-state index contributed by atoms with van der Waals surface area (Å²) in [5.41, 5.74) is 6.79. The van der Waals surface area contributed by atoms with Gasteiger partial charge >= 0.3 is 5.97 Å². The van der Waals surface area contributed by atoms with Gasteiger partial charge in [-0.15, -0.1) is 0 Å². The topological polar surface area (TPSA) is 129 Å². The average molecular weight is 495 g/mol. The minimum atomic E-state index is -0.995. The van der Waals surface area contributed by atoms with Crippen LogP contribution in [0.15, 0.2) is 63.7 Å². The van der Waals surface area contributed by atoms with Crippen molar-refractivity contribution >= 4 is 33.5 Å². The van der Waals surface area contributed by atoms with Crippen LogP contribution in [0.4, 0.5) is 0 Å². The standard InChI is InChI=1S/C23H15BrN2O6/c1-10(27)31-21-15(24)7-11(8-16(21)30-2)17-14(9-25)23(26)32-22-18(17)19(28)12-5-3-4-6-13(12)20(22)29/h3-8,17H,26H2,1-2H3/t17-/m0/s1. The molecule has 2 aliphatic rings. The zero-order valence-corrected chi connectivity index (χ0v) is 18.5. The maximum absolute atomic E-state index is 13.4. The normalized spacial score (nSPS) is 17.2. The number of ether oxygens (including phenoxy) is 3. The van der Waals surface area contributed by atoms with E-state index in [2.05, 4.69) is 15.9 Å². The summed E-state index contributed by atoms with van der Waals surface area (Å²) in [6, 6.07) is 11.5. The summed E-state index contributed by atoms with van der Waals surface area (Å²) in [5.74, 6) is -2.65. The van der Waals surface area contributed by atoms with Crippen LogP contribution >= 0.6 is 15.9 Å². The number of nitrogens with two attached hydrogens (primary N) is 1. The monoisotopic (exact) mass is 494 g/mol. The first-order valence-electron chi connectivity index (χ1n) is 9.34. The highest BCUT2D eigenvalue weighted by atomic mass is 79.9. The van der Waals surface area contributed by atoms with Gasteiger partial charge in [0.15, 0.2) is 23.0 Å². The number of nitriles is 1. The summed E-state index contributed by atoms with van der Waals surface area (Å²) >= 11 is 3.35. The summed E-state index contributed by atoms with van der Waals surface area (Å²) in [5, 5.41) is 9.80. The van der Waals surface area contributed by atoms with E-state index in [0.29, 0.717) is 10.0 Å². The maximum atomic E-state index is 13.4. The second kappa shape index (κ2) is 7.98. The van der Waals surface area contributed by atoms with Crippen LogP contribution in [0.5, 0.6) is 11.5 Å². The Kier molecular flexibility index (Phi) is 5.32. The van der Waals surface area contributed by atoms with E-state index >= 15 is 0 Å². The summed E-state index contributed by atoms with van der Waals surface area (Å²) < 4.78 is 16.4. The number of fused-ring (bicyclic) bond motifs is 1. The molecule has 9 heteroatoms. The Morgan fingerprint density at radius 3 is 2.44 bits per heavy atom. The highest BCUT2D eigenvalue weighted by molar-refractivity contribution is 9.10. The van der Waals surface area contributed by atoms with Crippen molar-refractivity contribution in [2.24, 2.45) is 5.73 Å². The van der Waals surface area contributed by atoms with Crippen molar-refractivity contribution in [3.05, 3.63) is 80.3 Å². The predicted octanol–water partition coefficient (Wildman–Crippen LogP) is 3.52. The van der Waals surface area contributed by atoms with Crippen LogP contribution in [0.1, 0.15) is 39.1 Å². The number of benzene rings is 2. The molecule has 0 saturated carbocycles. The summed E-state index contributed by atoms with van der Waals surface area (Å²) in [7, 11) is 1.38. The molecule has 2 N–H and O–H groups in total. The van der Waals surface area contributed by atoms with Crippen molar-refractivity contribution in [2.45, 2.75) is 12.8 Å². The van der Waals surface area contributed by atoms with Crippen molar-refractivity contribution < 1.29 is 28.6 Å². The molecule has 0 amide bonds. The van der Waals surface area contributed by atoms with Crippen LogP contribution in [-0.2, 0) is 9.53 Å². The van der Waals surface area contributed by atoms with Gasteiger partial charge in [0.05, 0.1) is 23.1 Å². The average Bonchev–Trinajstić information content (AvgIpc) is 2.77. The highest BCUT2D eigenvalue weighted by Crippen LogP contribution is 2.47. The number of carbonyl (C=O) groups excluding carboxylic acids is 3. The van der Waals surface area contributed by atoms with Crippen LogP contribution in [0.25, 0.3) is 0 Å². The zero-order chi connectivity index (χ0) is 23.2. The molecule has 1 aliphatic heterocycles. The van der Waals surface area contributed by atoms with Gasteiger partial charge in [-0.2, -0.15) is 5.26 Å². The number of nitrogens with zero attached hydrogens (tertiary/aromatic N) is 1. The van der Waals surface area contributed by atoms with Crippen molar-refractivity contribution in [1.82, 2.24) is 0 Å². The van der Waals surface area contributed by atoms with Crippen LogP contribution < -0.4 is 15.2 Å². The lowest BCUT2D eigenvalue weighted by Crippen LogP contribution is -2.32. The SMILES string of the molecule is COc1cc([C@H]2C(C#N)=C(N)OC3=C2C(=O)c2ccccc2C3=O)cc(Br)c1OC(C)=O. The van der Waals surface area contributed by atoms with Gasteiger partial charge in [0.2, 0.25) is 11.7 Å². The lowest BCUT2D eigenvalue weighted by atomic mass is 9.75. The fraction of sp³-hybridized carbons (Fsp3) is 0.130. The summed E-state index contributed by atoms with van der Waals surface area (Å²) in [4.78, 5) is 38.0. The number of carbonyl (C=O) groups is 3. The molecule has 0 bridgehead atoms. The quantitative estimate of drug-likeness (QED) is 0.506. The van der Waals surface area contributed by atoms with Gasteiger partial charge in [0, 0.05) is 18.1 Å². The van der Waals surface area contributed by atoms with Gasteiger partial charge < -0.3 is 19.9 Å². The van der Waals surface area contributed by atoms with Crippen molar-refractivity contribution in [3.63, 3.8) is 0 Å². The molecule has 0 saturated heterocycles. The second-order valence-corrected chi connectivity index (χ2v) is 7.85. The second-order valence-electron chi connectivity index (χ2n) is 7.00. The molecule has 4 rings (SSSR count). The molecule has 1 heterocycles. The van der Waals surface area contributed by atoms with E-state index in [9.17, 15) is 19.6 Å². The Morgan fingerprint density at radius 2 is 1.84 bits per heavy atom. The van der Waals surface area contributed by atoms with Gasteiger partial charge in [0.25, 0.3) is 0 Å². The molecular formula is C23H15BrN2O6. The Hall–Kier alpha value is -3.90. The van der Waals surface area contributed by atoms with E-state index < -0.39 is 23.5 Å². The number of esters is 1. The number of hydrogen-bond donors (Lipinski definition) is 1. The van der Waals surface area contributed by atoms with Crippen LogP contribution in [0, 0.1) is 11.3 Å². The minimum Gasteiger partial charge on any atom is -0.493 e. The third-order valence-electron chi connectivity index (χ3n) is 5.12. The first-order valence-corrected chi connectivity index (χ1v) is 10.1. The van der Waals surface area contributed by atoms with Crippen molar-refractivity contribution in [2.75, 3.05) is 7.11 Å². The molecule has 32 heavy (non-hydrogen) atoms. The smallest absolute Gasteiger partial charge is 0.308 e. The van der Waals surface area contributed by atoms with E-state index in [1.807, 2.05) is 6.07 Å². The molecule has 160 valence electrons. The van der Waals surface area contributed by atoms with Gasteiger partial charge in [-0.1, -0.05) is 24.3 Å². The third-order valence-corrected chi connectivity index (χ3v) is 5.71. The molecular weight excluding hydrogens is 480 g/mol.